The second kappa shape index (κ2) is 8.16. The van der Waals surface area contributed by atoms with E-state index >= 15 is 0 Å². The van der Waals surface area contributed by atoms with Gasteiger partial charge in [0.2, 0.25) is 5.95 Å². The first-order valence-corrected chi connectivity index (χ1v) is 11.8. The summed E-state index contributed by atoms with van der Waals surface area (Å²) in [5.41, 5.74) is 1.56. The molecule has 3 atom stereocenters. The average Bonchev–Trinajstić information content (AvgIpc) is 3.34. The number of hydrogen-bond donors (Lipinski definition) is 1. The fourth-order valence-electron chi connectivity index (χ4n) is 5.11. The van der Waals surface area contributed by atoms with Crippen LogP contribution in [-0.4, -0.2) is 56.9 Å². The molecule has 10 nitrogen and oxygen atoms in total. The molecule has 0 saturated carbocycles. The van der Waals surface area contributed by atoms with Crippen LogP contribution >= 0.6 is 0 Å². The standard InChI is InChI=1S/C25H27N7O3/c1-15-13-34-24(33)31(15)20-7-4-8-21(29-20)32-19-10-25(2,3)35-14-18(19)17-12-27-23(30-22(17)32)28-16-6-5-9-26-11-16/h4-9,11-12,15,18-19H,10,13-14H2,1-3H3,(H,27,28,30)/t15-,18?,19+/m0/s1. The number of fused-ring (bicyclic) bond motifs is 3. The Kier molecular flexibility index (Phi) is 5.06. The average molecular weight is 474 g/mol. The molecule has 1 unspecified atom stereocenters. The normalized spacial score (nSPS) is 24.7. The minimum atomic E-state index is -0.376. The van der Waals surface area contributed by atoms with Crippen molar-refractivity contribution < 1.29 is 14.3 Å². The lowest BCUT2D eigenvalue weighted by molar-refractivity contribution is -0.0657. The zero-order valence-corrected chi connectivity index (χ0v) is 19.9. The lowest BCUT2D eigenvalue weighted by Gasteiger charge is -2.41. The lowest BCUT2D eigenvalue weighted by Crippen LogP contribution is -2.45. The minimum Gasteiger partial charge on any atom is -0.447 e. The molecular formula is C25H27N7O3. The Morgan fingerprint density at radius 3 is 2.63 bits per heavy atom. The second-order valence-electron chi connectivity index (χ2n) is 9.81. The summed E-state index contributed by atoms with van der Waals surface area (Å²) in [7, 11) is 0. The number of aromatic nitrogens is 4. The molecule has 3 aliphatic heterocycles. The summed E-state index contributed by atoms with van der Waals surface area (Å²) in [6.45, 7) is 7.10. The molecule has 3 aromatic heterocycles. The van der Waals surface area contributed by atoms with Crippen molar-refractivity contribution in [1.82, 2.24) is 19.9 Å². The highest BCUT2D eigenvalue weighted by atomic mass is 16.6. The molecule has 10 heteroatoms. The van der Waals surface area contributed by atoms with Crippen LogP contribution in [0.15, 0.2) is 48.9 Å². The van der Waals surface area contributed by atoms with E-state index in [1.54, 1.807) is 17.3 Å². The van der Waals surface area contributed by atoms with Crippen LogP contribution in [0.2, 0.25) is 0 Å². The predicted octanol–water partition coefficient (Wildman–Crippen LogP) is 4.16. The first kappa shape index (κ1) is 21.7. The summed E-state index contributed by atoms with van der Waals surface area (Å²) < 4.78 is 11.4. The van der Waals surface area contributed by atoms with Gasteiger partial charge in [-0.3, -0.25) is 9.88 Å². The largest absolute Gasteiger partial charge is 0.447 e. The van der Waals surface area contributed by atoms with E-state index in [0.717, 1.165) is 29.3 Å². The third-order valence-corrected chi connectivity index (χ3v) is 6.79. The molecule has 3 aliphatic rings. The van der Waals surface area contributed by atoms with Crippen molar-refractivity contribution in [2.24, 2.45) is 0 Å². The Morgan fingerprint density at radius 1 is 1.06 bits per heavy atom. The molecule has 1 amide bonds. The highest BCUT2D eigenvalue weighted by Crippen LogP contribution is 2.49. The summed E-state index contributed by atoms with van der Waals surface area (Å²) >= 11 is 0. The number of amides is 1. The van der Waals surface area contributed by atoms with Crippen molar-refractivity contribution in [1.29, 1.82) is 0 Å². The molecule has 2 fully saturated rings. The van der Waals surface area contributed by atoms with Gasteiger partial charge in [0.25, 0.3) is 0 Å². The van der Waals surface area contributed by atoms with Gasteiger partial charge in [-0.15, -0.1) is 0 Å². The molecule has 0 aromatic carbocycles. The zero-order chi connectivity index (χ0) is 24.2. The molecule has 0 bridgehead atoms. The number of nitrogens with one attached hydrogen (secondary N) is 1. The molecule has 3 aromatic rings. The first-order chi connectivity index (χ1) is 16.9. The maximum absolute atomic E-state index is 12.3. The molecule has 35 heavy (non-hydrogen) atoms. The third kappa shape index (κ3) is 3.83. The van der Waals surface area contributed by atoms with Crippen molar-refractivity contribution in [2.45, 2.75) is 50.8 Å². The Hall–Kier alpha value is -3.79. The Morgan fingerprint density at radius 2 is 1.89 bits per heavy atom. The monoisotopic (exact) mass is 473 g/mol. The van der Waals surface area contributed by atoms with Crippen LogP contribution in [0.4, 0.5) is 33.9 Å². The maximum atomic E-state index is 12.3. The highest BCUT2D eigenvalue weighted by Gasteiger charge is 2.48. The van der Waals surface area contributed by atoms with Crippen LogP contribution in [0.3, 0.4) is 0 Å². The van der Waals surface area contributed by atoms with Gasteiger partial charge in [-0.2, -0.15) is 4.98 Å². The number of carbonyl (C=O) groups excluding carboxylic acids is 1. The van der Waals surface area contributed by atoms with Gasteiger partial charge >= 0.3 is 6.09 Å². The summed E-state index contributed by atoms with van der Waals surface area (Å²) in [6, 6.07) is 9.51. The van der Waals surface area contributed by atoms with Gasteiger partial charge in [0.15, 0.2) is 0 Å². The number of anilines is 5. The minimum absolute atomic E-state index is 0.0801. The Bertz CT molecular complexity index is 1270. The molecule has 180 valence electrons. The summed E-state index contributed by atoms with van der Waals surface area (Å²) in [5, 5.41) is 3.24. The van der Waals surface area contributed by atoms with E-state index in [1.807, 2.05) is 43.5 Å². The summed E-state index contributed by atoms with van der Waals surface area (Å²) in [4.78, 5) is 34.7. The molecule has 6 heterocycles. The predicted molar refractivity (Wildman–Crippen MR) is 130 cm³/mol. The SMILES string of the molecule is C[C@H]1COC(=O)N1c1cccc(N2c3nc(Nc4cccnc4)ncc3C3COC(C)(C)C[C@H]32)n1. The zero-order valence-electron chi connectivity index (χ0n) is 19.9. The quantitative estimate of drug-likeness (QED) is 0.598. The fourth-order valence-corrected chi connectivity index (χ4v) is 5.11. The summed E-state index contributed by atoms with van der Waals surface area (Å²) in [5.74, 6) is 2.69. The van der Waals surface area contributed by atoms with Gasteiger partial charge in [-0.25, -0.2) is 14.8 Å². The van der Waals surface area contributed by atoms with Crippen molar-refractivity contribution >= 4 is 35.2 Å². The van der Waals surface area contributed by atoms with Crippen LogP contribution in [0.5, 0.6) is 0 Å². The van der Waals surface area contributed by atoms with E-state index in [0.29, 0.717) is 25.0 Å². The van der Waals surface area contributed by atoms with Crippen molar-refractivity contribution in [3.05, 3.63) is 54.5 Å². The number of ether oxygens (including phenoxy) is 2. The molecule has 0 spiro atoms. The van der Waals surface area contributed by atoms with E-state index < -0.39 is 0 Å². The van der Waals surface area contributed by atoms with E-state index in [-0.39, 0.29) is 29.7 Å². The van der Waals surface area contributed by atoms with Gasteiger partial charge in [-0.1, -0.05) is 6.07 Å². The van der Waals surface area contributed by atoms with Crippen LogP contribution in [0, 0.1) is 0 Å². The van der Waals surface area contributed by atoms with Gasteiger partial charge in [0.1, 0.15) is 24.1 Å². The van der Waals surface area contributed by atoms with Crippen molar-refractivity contribution in [3.63, 3.8) is 0 Å². The number of rotatable bonds is 4. The van der Waals surface area contributed by atoms with Crippen LogP contribution < -0.4 is 15.1 Å². The van der Waals surface area contributed by atoms with Gasteiger partial charge in [0, 0.05) is 29.9 Å². The molecule has 0 aliphatic carbocycles. The topological polar surface area (TPSA) is 106 Å². The number of cyclic esters (lactones) is 1. The first-order valence-electron chi connectivity index (χ1n) is 11.8. The summed E-state index contributed by atoms with van der Waals surface area (Å²) in [6.07, 6.45) is 5.75. The van der Waals surface area contributed by atoms with Gasteiger partial charge in [-0.05, 0) is 51.5 Å². The molecule has 6 rings (SSSR count). The Balaban J connectivity index is 1.42. The number of pyridine rings is 2. The van der Waals surface area contributed by atoms with Crippen LogP contribution in [0.1, 0.15) is 38.7 Å². The molecule has 0 radical (unpaired) electrons. The fraction of sp³-hybridized carbons (Fsp3) is 0.400. The van der Waals surface area contributed by atoms with Crippen molar-refractivity contribution in [3.8, 4) is 0 Å². The Labute approximate surface area is 203 Å². The lowest BCUT2D eigenvalue weighted by atomic mass is 9.85. The number of nitrogens with zero attached hydrogens (tertiary/aromatic N) is 6. The van der Waals surface area contributed by atoms with E-state index in [2.05, 4.69) is 34.0 Å². The van der Waals surface area contributed by atoms with Gasteiger partial charge in [0.05, 0.1) is 30.1 Å². The van der Waals surface area contributed by atoms with Gasteiger partial charge < -0.3 is 19.7 Å². The second-order valence-corrected chi connectivity index (χ2v) is 9.81. The van der Waals surface area contributed by atoms with Crippen LogP contribution in [-0.2, 0) is 9.47 Å². The van der Waals surface area contributed by atoms with E-state index in [9.17, 15) is 4.79 Å². The maximum Gasteiger partial charge on any atom is 0.415 e. The molecular weight excluding hydrogens is 446 g/mol. The third-order valence-electron chi connectivity index (χ3n) is 6.79. The van der Waals surface area contributed by atoms with Crippen molar-refractivity contribution in [2.75, 3.05) is 28.3 Å². The number of hydrogen-bond acceptors (Lipinski definition) is 9. The van der Waals surface area contributed by atoms with E-state index in [4.69, 9.17) is 19.4 Å². The van der Waals surface area contributed by atoms with E-state index in [1.165, 1.54) is 0 Å². The highest BCUT2D eigenvalue weighted by molar-refractivity contribution is 5.89. The van der Waals surface area contributed by atoms with Crippen LogP contribution in [0.25, 0.3) is 0 Å². The smallest absolute Gasteiger partial charge is 0.415 e. The molecule has 1 N–H and O–H groups in total. The molecule has 2 saturated heterocycles. The number of carbonyl (C=O) groups is 1.